The predicted molar refractivity (Wildman–Crippen MR) is 79.0 cm³/mol. The fourth-order valence-electron chi connectivity index (χ4n) is 2.38. The summed E-state index contributed by atoms with van der Waals surface area (Å²) in [5.41, 5.74) is 1.02. The van der Waals surface area contributed by atoms with Crippen LogP contribution in [0.3, 0.4) is 0 Å². The topological polar surface area (TPSA) is 36.7 Å². The van der Waals surface area contributed by atoms with Crippen LogP contribution in [0.15, 0.2) is 0 Å². The molecule has 0 unspecified atom stereocenters. The SMILES string of the molecule is CCCc1nc(CSC2CCCCC2)sc1C#N. The summed E-state index contributed by atoms with van der Waals surface area (Å²) in [6.07, 6.45) is 8.92. The van der Waals surface area contributed by atoms with Crippen molar-refractivity contribution in [1.29, 1.82) is 5.26 Å². The zero-order valence-corrected chi connectivity index (χ0v) is 12.6. The Morgan fingerprint density at radius 3 is 2.83 bits per heavy atom. The Bertz CT molecular complexity index is 414. The lowest BCUT2D eigenvalue weighted by atomic mass is 10.0. The molecule has 0 aromatic carbocycles. The van der Waals surface area contributed by atoms with Gasteiger partial charge in [-0.2, -0.15) is 17.0 Å². The van der Waals surface area contributed by atoms with Gasteiger partial charge in [-0.05, 0) is 19.3 Å². The van der Waals surface area contributed by atoms with Gasteiger partial charge in [-0.3, -0.25) is 0 Å². The maximum atomic E-state index is 9.09. The molecule has 1 aliphatic carbocycles. The van der Waals surface area contributed by atoms with E-state index in [1.807, 2.05) is 11.8 Å². The highest BCUT2D eigenvalue weighted by atomic mass is 32.2. The minimum absolute atomic E-state index is 0.822. The molecule has 0 bridgehead atoms. The van der Waals surface area contributed by atoms with Crippen molar-refractivity contribution >= 4 is 23.1 Å². The van der Waals surface area contributed by atoms with Gasteiger partial charge in [0.1, 0.15) is 16.0 Å². The van der Waals surface area contributed by atoms with E-state index in [2.05, 4.69) is 18.0 Å². The highest BCUT2D eigenvalue weighted by Crippen LogP contribution is 2.32. The highest BCUT2D eigenvalue weighted by molar-refractivity contribution is 7.99. The quantitative estimate of drug-likeness (QED) is 0.795. The number of nitriles is 1. The minimum Gasteiger partial charge on any atom is -0.244 e. The summed E-state index contributed by atoms with van der Waals surface area (Å²) in [7, 11) is 0. The van der Waals surface area contributed by atoms with Crippen LogP contribution in [0.2, 0.25) is 0 Å². The van der Waals surface area contributed by atoms with E-state index in [1.165, 1.54) is 32.1 Å². The Morgan fingerprint density at radius 1 is 1.39 bits per heavy atom. The van der Waals surface area contributed by atoms with Crippen molar-refractivity contribution in [3.05, 3.63) is 15.6 Å². The summed E-state index contributed by atoms with van der Waals surface area (Å²) in [5.74, 6) is 0.994. The molecule has 4 heteroatoms. The van der Waals surface area contributed by atoms with E-state index in [0.29, 0.717) is 0 Å². The summed E-state index contributed by atoms with van der Waals surface area (Å²) in [6.45, 7) is 2.14. The average molecular weight is 280 g/mol. The number of hydrogen-bond acceptors (Lipinski definition) is 4. The maximum absolute atomic E-state index is 9.09. The molecule has 2 rings (SSSR count). The van der Waals surface area contributed by atoms with E-state index >= 15 is 0 Å². The Morgan fingerprint density at radius 2 is 2.17 bits per heavy atom. The van der Waals surface area contributed by atoms with E-state index in [0.717, 1.165) is 39.4 Å². The van der Waals surface area contributed by atoms with E-state index in [4.69, 9.17) is 5.26 Å². The van der Waals surface area contributed by atoms with Crippen molar-refractivity contribution < 1.29 is 0 Å². The molecule has 0 radical (unpaired) electrons. The number of rotatable bonds is 5. The third-order valence-corrected chi connectivity index (χ3v) is 5.89. The van der Waals surface area contributed by atoms with Crippen LogP contribution in [-0.4, -0.2) is 10.2 Å². The van der Waals surface area contributed by atoms with Crippen LogP contribution in [0.5, 0.6) is 0 Å². The molecule has 0 amide bonds. The number of nitrogens with zero attached hydrogens (tertiary/aromatic N) is 2. The van der Waals surface area contributed by atoms with Crippen molar-refractivity contribution in [2.75, 3.05) is 0 Å². The van der Waals surface area contributed by atoms with Crippen molar-refractivity contribution in [2.45, 2.75) is 62.9 Å². The molecular weight excluding hydrogens is 260 g/mol. The average Bonchev–Trinajstić information content (AvgIpc) is 2.80. The fraction of sp³-hybridized carbons (Fsp3) is 0.714. The van der Waals surface area contributed by atoms with Crippen molar-refractivity contribution in [1.82, 2.24) is 4.98 Å². The molecule has 0 aliphatic heterocycles. The van der Waals surface area contributed by atoms with Gasteiger partial charge in [0.2, 0.25) is 0 Å². The molecule has 0 spiro atoms. The third kappa shape index (κ3) is 3.73. The minimum atomic E-state index is 0.822. The Hall–Kier alpha value is -0.530. The van der Waals surface area contributed by atoms with E-state index < -0.39 is 0 Å². The van der Waals surface area contributed by atoms with Crippen LogP contribution in [0, 0.1) is 11.3 Å². The van der Waals surface area contributed by atoms with Crippen LogP contribution in [-0.2, 0) is 12.2 Å². The van der Waals surface area contributed by atoms with Crippen molar-refractivity contribution in [3.8, 4) is 6.07 Å². The van der Waals surface area contributed by atoms with Gasteiger partial charge in [-0.1, -0.05) is 32.6 Å². The van der Waals surface area contributed by atoms with Gasteiger partial charge in [0.05, 0.1) is 5.69 Å². The second-order valence-corrected chi connectivity index (χ2v) is 7.19. The molecule has 1 aliphatic rings. The molecule has 98 valence electrons. The molecule has 1 aromatic heterocycles. The summed E-state index contributed by atoms with van der Waals surface area (Å²) >= 11 is 3.63. The van der Waals surface area contributed by atoms with Gasteiger partial charge in [-0.25, -0.2) is 4.98 Å². The first-order valence-electron chi connectivity index (χ1n) is 6.83. The molecule has 0 atom stereocenters. The van der Waals surface area contributed by atoms with Gasteiger partial charge in [-0.15, -0.1) is 11.3 Å². The molecule has 1 saturated carbocycles. The van der Waals surface area contributed by atoms with E-state index in [9.17, 15) is 0 Å². The largest absolute Gasteiger partial charge is 0.244 e. The lowest BCUT2D eigenvalue weighted by Crippen LogP contribution is -2.08. The van der Waals surface area contributed by atoms with Gasteiger partial charge in [0.25, 0.3) is 0 Å². The third-order valence-electron chi connectivity index (χ3n) is 3.32. The lowest BCUT2D eigenvalue weighted by molar-refractivity contribution is 0.516. The van der Waals surface area contributed by atoms with Gasteiger partial charge >= 0.3 is 0 Å². The molecular formula is C14H20N2S2. The standard InChI is InChI=1S/C14H20N2S2/c1-2-6-12-13(9-15)18-14(16-12)10-17-11-7-4-3-5-8-11/h11H,2-8,10H2,1H3. The van der Waals surface area contributed by atoms with Crippen molar-refractivity contribution in [3.63, 3.8) is 0 Å². The number of thiazole rings is 1. The molecule has 1 heterocycles. The number of aromatic nitrogens is 1. The normalized spacial score (nSPS) is 16.7. The second-order valence-electron chi connectivity index (χ2n) is 4.82. The summed E-state index contributed by atoms with van der Waals surface area (Å²) < 4.78 is 0. The number of thioether (sulfide) groups is 1. The first kappa shape index (κ1) is 13.9. The molecule has 18 heavy (non-hydrogen) atoms. The van der Waals surface area contributed by atoms with Crippen LogP contribution in [0.25, 0.3) is 0 Å². The number of hydrogen-bond donors (Lipinski definition) is 0. The Balaban J connectivity index is 1.90. The molecule has 2 nitrogen and oxygen atoms in total. The van der Waals surface area contributed by atoms with Gasteiger partial charge in [0.15, 0.2) is 0 Å². The fourth-order valence-corrected chi connectivity index (χ4v) is 4.63. The summed E-state index contributed by atoms with van der Waals surface area (Å²) in [5, 5.41) is 11.1. The maximum Gasteiger partial charge on any atom is 0.128 e. The van der Waals surface area contributed by atoms with E-state index in [1.54, 1.807) is 11.3 Å². The molecule has 1 aromatic rings. The summed E-state index contributed by atoms with van der Waals surface area (Å²) in [4.78, 5) is 5.46. The first-order chi connectivity index (χ1) is 8.83. The molecule has 0 N–H and O–H groups in total. The van der Waals surface area contributed by atoms with Crippen LogP contribution in [0.1, 0.15) is 61.0 Å². The van der Waals surface area contributed by atoms with Gasteiger partial charge in [0, 0.05) is 11.0 Å². The zero-order chi connectivity index (χ0) is 12.8. The first-order valence-corrected chi connectivity index (χ1v) is 8.70. The van der Waals surface area contributed by atoms with Gasteiger partial charge < -0.3 is 0 Å². The van der Waals surface area contributed by atoms with E-state index in [-0.39, 0.29) is 0 Å². The predicted octanol–water partition coefficient (Wildman–Crippen LogP) is 4.53. The molecule has 1 fully saturated rings. The Labute approximate surface area is 118 Å². The van der Waals surface area contributed by atoms with Crippen LogP contribution < -0.4 is 0 Å². The van der Waals surface area contributed by atoms with Crippen LogP contribution >= 0.6 is 23.1 Å². The van der Waals surface area contributed by atoms with Crippen LogP contribution in [0.4, 0.5) is 0 Å². The molecule has 0 saturated heterocycles. The highest BCUT2D eigenvalue weighted by Gasteiger charge is 2.16. The smallest absolute Gasteiger partial charge is 0.128 e. The lowest BCUT2D eigenvalue weighted by Gasteiger charge is -2.20. The monoisotopic (exact) mass is 280 g/mol. The second kappa shape index (κ2) is 7.16. The number of aryl methyl sites for hydroxylation is 1. The Kier molecular flexibility index (Phi) is 5.52. The zero-order valence-electron chi connectivity index (χ0n) is 10.9. The summed E-state index contributed by atoms with van der Waals surface area (Å²) in [6, 6.07) is 2.29. The van der Waals surface area contributed by atoms with Crippen molar-refractivity contribution in [2.24, 2.45) is 0 Å².